The van der Waals surface area contributed by atoms with Crippen molar-refractivity contribution in [3.63, 3.8) is 0 Å². The SMILES string of the molecule is COc1cc(O)c(C(=O)Cc2ccc(OC)c(OC)c2)cc1O. The van der Waals surface area contributed by atoms with Crippen molar-refractivity contribution in [2.45, 2.75) is 6.42 Å². The number of carbonyl (C=O) groups is 1. The Hall–Kier alpha value is -2.89. The van der Waals surface area contributed by atoms with Gasteiger partial charge in [-0.25, -0.2) is 0 Å². The molecule has 122 valence electrons. The Kier molecular flexibility index (Phi) is 4.95. The number of hydrogen-bond acceptors (Lipinski definition) is 6. The molecule has 0 unspecified atom stereocenters. The third-order valence-electron chi connectivity index (χ3n) is 3.41. The number of phenols is 2. The van der Waals surface area contributed by atoms with E-state index < -0.39 is 0 Å². The number of Topliss-reactive ketones (excluding diaryl/α,β-unsaturated/α-hetero) is 1. The number of benzene rings is 2. The molecule has 2 aromatic carbocycles. The Morgan fingerprint density at radius 1 is 0.870 bits per heavy atom. The van der Waals surface area contributed by atoms with Crippen molar-refractivity contribution in [3.8, 4) is 28.7 Å². The highest BCUT2D eigenvalue weighted by atomic mass is 16.5. The zero-order chi connectivity index (χ0) is 17.0. The van der Waals surface area contributed by atoms with Crippen LogP contribution < -0.4 is 14.2 Å². The van der Waals surface area contributed by atoms with E-state index in [0.717, 1.165) is 0 Å². The first kappa shape index (κ1) is 16.5. The summed E-state index contributed by atoms with van der Waals surface area (Å²) in [5.74, 6) is 0.386. The molecule has 0 aliphatic rings. The molecule has 2 N–H and O–H groups in total. The van der Waals surface area contributed by atoms with Gasteiger partial charge in [-0.2, -0.15) is 0 Å². The smallest absolute Gasteiger partial charge is 0.171 e. The maximum Gasteiger partial charge on any atom is 0.171 e. The number of ether oxygens (including phenoxy) is 3. The Balaban J connectivity index is 2.27. The van der Waals surface area contributed by atoms with Crippen LogP contribution in [-0.2, 0) is 6.42 Å². The third kappa shape index (κ3) is 3.48. The minimum absolute atomic E-state index is 0.0260. The standard InChI is InChI=1S/C17H18O6/c1-21-15-5-4-10(7-17(15)23-3)6-12(18)11-8-14(20)16(22-2)9-13(11)19/h4-5,7-9,19-20H,6H2,1-3H3. The maximum atomic E-state index is 12.4. The topological polar surface area (TPSA) is 85.2 Å². The zero-order valence-corrected chi connectivity index (χ0v) is 13.1. The van der Waals surface area contributed by atoms with Gasteiger partial charge in [-0.3, -0.25) is 4.79 Å². The lowest BCUT2D eigenvalue weighted by Crippen LogP contribution is -2.05. The lowest BCUT2D eigenvalue weighted by molar-refractivity contribution is 0.0990. The maximum absolute atomic E-state index is 12.4. The van der Waals surface area contributed by atoms with Gasteiger partial charge in [-0.1, -0.05) is 6.07 Å². The van der Waals surface area contributed by atoms with E-state index in [1.165, 1.54) is 33.5 Å². The van der Waals surface area contributed by atoms with Gasteiger partial charge in [-0.15, -0.1) is 0 Å². The van der Waals surface area contributed by atoms with E-state index in [9.17, 15) is 15.0 Å². The van der Waals surface area contributed by atoms with E-state index in [-0.39, 0.29) is 35.0 Å². The van der Waals surface area contributed by atoms with Crippen molar-refractivity contribution in [1.29, 1.82) is 0 Å². The van der Waals surface area contributed by atoms with E-state index >= 15 is 0 Å². The summed E-state index contributed by atoms with van der Waals surface area (Å²) in [4.78, 5) is 12.4. The van der Waals surface area contributed by atoms with Gasteiger partial charge < -0.3 is 24.4 Å². The fourth-order valence-corrected chi connectivity index (χ4v) is 2.22. The van der Waals surface area contributed by atoms with Crippen molar-refractivity contribution in [1.82, 2.24) is 0 Å². The van der Waals surface area contributed by atoms with Crippen molar-refractivity contribution in [2.24, 2.45) is 0 Å². The molecule has 2 rings (SSSR count). The average molecular weight is 318 g/mol. The first-order chi connectivity index (χ1) is 11.0. The minimum Gasteiger partial charge on any atom is -0.507 e. The van der Waals surface area contributed by atoms with Crippen LogP contribution in [0, 0.1) is 0 Å². The molecule has 0 spiro atoms. The van der Waals surface area contributed by atoms with Gasteiger partial charge in [0.2, 0.25) is 0 Å². The quantitative estimate of drug-likeness (QED) is 0.629. The lowest BCUT2D eigenvalue weighted by Gasteiger charge is -2.11. The van der Waals surface area contributed by atoms with E-state index in [1.807, 2.05) is 0 Å². The van der Waals surface area contributed by atoms with Gasteiger partial charge >= 0.3 is 0 Å². The first-order valence-corrected chi connectivity index (χ1v) is 6.84. The van der Waals surface area contributed by atoms with Crippen LogP contribution in [0.15, 0.2) is 30.3 Å². The summed E-state index contributed by atoms with van der Waals surface area (Å²) < 4.78 is 15.2. The molecular weight excluding hydrogens is 300 g/mol. The summed E-state index contributed by atoms with van der Waals surface area (Å²) in [5, 5.41) is 19.7. The Labute approximate surface area is 133 Å². The van der Waals surface area contributed by atoms with Gasteiger partial charge in [0.25, 0.3) is 0 Å². The Morgan fingerprint density at radius 2 is 1.52 bits per heavy atom. The second-order valence-electron chi connectivity index (χ2n) is 4.83. The highest BCUT2D eigenvalue weighted by molar-refractivity contribution is 6.00. The predicted molar refractivity (Wildman–Crippen MR) is 83.9 cm³/mol. The molecule has 2 aromatic rings. The molecule has 6 heteroatoms. The number of rotatable bonds is 6. The number of ketones is 1. The largest absolute Gasteiger partial charge is 0.507 e. The lowest BCUT2D eigenvalue weighted by atomic mass is 10.0. The monoisotopic (exact) mass is 318 g/mol. The molecule has 23 heavy (non-hydrogen) atoms. The van der Waals surface area contributed by atoms with Gasteiger partial charge in [0.15, 0.2) is 28.8 Å². The third-order valence-corrected chi connectivity index (χ3v) is 3.41. The van der Waals surface area contributed by atoms with Crippen LogP contribution >= 0.6 is 0 Å². The van der Waals surface area contributed by atoms with Crippen LogP contribution in [0.5, 0.6) is 28.7 Å². The van der Waals surface area contributed by atoms with E-state index in [4.69, 9.17) is 14.2 Å². The van der Waals surface area contributed by atoms with Crippen LogP contribution in [0.4, 0.5) is 0 Å². The van der Waals surface area contributed by atoms with Gasteiger partial charge in [0.1, 0.15) is 5.75 Å². The van der Waals surface area contributed by atoms with E-state index in [0.29, 0.717) is 17.1 Å². The van der Waals surface area contributed by atoms with Crippen molar-refractivity contribution >= 4 is 5.78 Å². The number of aromatic hydroxyl groups is 2. The predicted octanol–water partition coefficient (Wildman–Crippen LogP) is 2.55. The number of hydrogen-bond donors (Lipinski definition) is 2. The molecule has 0 saturated carbocycles. The molecule has 0 bridgehead atoms. The van der Waals surface area contributed by atoms with Gasteiger partial charge in [-0.05, 0) is 23.8 Å². The molecule has 0 amide bonds. The van der Waals surface area contributed by atoms with Gasteiger partial charge in [0, 0.05) is 12.5 Å². The van der Waals surface area contributed by atoms with Crippen molar-refractivity contribution in [2.75, 3.05) is 21.3 Å². The Bertz CT molecular complexity index is 723. The molecule has 0 aliphatic carbocycles. The van der Waals surface area contributed by atoms with Crippen LogP contribution in [0.3, 0.4) is 0 Å². The number of phenolic OH excluding ortho intramolecular Hbond substituents is 2. The second kappa shape index (κ2) is 6.91. The van der Waals surface area contributed by atoms with E-state index in [2.05, 4.69) is 0 Å². The molecule has 0 saturated heterocycles. The van der Waals surface area contributed by atoms with Crippen LogP contribution in [0.25, 0.3) is 0 Å². The summed E-state index contributed by atoms with van der Waals surface area (Å²) in [5.41, 5.74) is 0.723. The molecule has 6 nitrogen and oxygen atoms in total. The highest BCUT2D eigenvalue weighted by Crippen LogP contribution is 2.34. The van der Waals surface area contributed by atoms with Gasteiger partial charge in [0.05, 0.1) is 26.9 Å². The molecular formula is C17H18O6. The van der Waals surface area contributed by atoms with Crippen LogP contribution in [-0.4, -0.2) is 37.3 Å². The number of methoxy groups -OCH3 is 3. The second-order valence-corrected chi connectivity index (χ2v) is 4.83. The Morgan fingerprint density at radius 3 is 2.13 bits per heavy atom. The summed E-state index contributed by atoms with van der Waals surface area (Å²) in [7, 11) is 4.40. The zero-order valence-electron chi connectivity index (χ0n) is 13.1. The molecule has 0 atom stereocenters. The molecule has 0 aliphatic heterocycles. The van der Waals surface area contributed by atoms with Crippen LogP contribution in [0.1, 0.15) is 15.9 Å². The summed E-state index contributed by atoms with van der Waals surface area (Å²) in [6, 6.07) is 7.53. The first-order valence-electron chi connectivity index (χ1n) is 6.84. The number of carbonyl (C=O) groups excluding carboxylic acids is 1. The minimum atomic E-state index is -0.340. The van der Waals surface area contributed by atoms with Crippen molar-refractivity contribution in [3.05, 3.63) is 41.5 Å². The molecule has 0 aromatic heterocycles. The summed E-state index contributed by atoms with van der Waals surface area (Å²) >= 11 is 0. The normalized spacial score (nSPS) is 10.2. The summed E-state index contributed by atoms with van der Waals surface area (Å²) in [6.45, 7) is 0. The molecule has 0 radical (unpaired) electrons. The fraction of sp³-hybridized carbons (Fsp3) is 0.235. The van der Waals surface area contributed by atoms with E-state index in [1.54, 1.807) is 18.2 Å². The van der Waals surface area contributed by atoms with Crippen molar-refractivity contribution < 1.29 is 29.2 Å². The average Bonchev–Trinajstić information content (AvgIpc) is 2.56. The summed E-state index contributed by atoms with van der Waals surface area (Å²) in [6.07, 6.45) is 0.0414. The molecule has 0 fully saturated rings. The highest BCUT2D eigenvalue weighted by Gasteiger charge is 2.17. The fourth-order valence-electron chi connectivity index (χ4n) is 2.22. The molecule has 0 heterocycles. The van der Waals surface area contributed by atoms with Crippen LogP contribution in [0.2, 0.25) is 0 Å².